The first-order valence-electron chi connectivity index (χ1n) is 6.61. The zero-order valence-corrected chi connectivity index (χ0v) is 11.8. The van der Waals surface area contributed by atoms with Crippen LogP contribution in [-0.4, -0.2) is 71.9 Å². The van der Waals surface area contributed by atoms with Crippen LogP contribution in [0.3, 0.4) is 0 Å². The molecule has 0 aromatic rings. The summed E-state index contributed by atoms with van der Waals surface area (Å²) in [5.41, 5.74) is 0. The molecule has 0 bridgehead atoms. The van der Waals surface area contributed by atoms with Gasteiger partial charge in [-0.05, 0) is 6.42 Å². The van der Waals surface area contributed by atoms with E-state index in [9.17, 15) is 4.79 Å². The highest BCUT2D eigenvalue weighted by molar-refractivity contribution is 5.90. The van der Waals surface area contributed by atoms with Crippen molar-refractivity contribution in [2.45, 2.75) is 25.0 Å². The molecule has 1 saturated carbocycles. The van der Waals surface area contributed by atoms with E-state index in [1.807, 2.05) is 0 Å². The molecule has 0 aromatic carbocycles. The highest BCUT2D eigenvalue weighted by Crippen LogP contribution is 2.22. The van der Waals surface area contributed by atoms with Crippen molar-refractivity contribution in [3.05, 3.63) is 0 Å². The molecule has 0 aliphatic heterocycles. The van der Waals surface area contributed by atoms with E-state index < -0.39 is 6.10 Å². The van der Waals surface area contributed by atoms with Crippen molar-refractivity contribution in [1.82, 2.24) is 0 Å². The lowest BCUT2D eigenvalue weighted by molar-refractivity contribution is -0.169. The Hall–Kier alpha value is -0.530. The molecule has 1 rings (SSSR count). The summed E-state index contributed by atoms with van der Waals surface area (Å²) in [5, 5.41) is 0. The lowest BCUT2D eigenvalue weighted by atomic mass is 9.90. The van der Waals surface area contributed by atoms with Crippen molar-refractivity contribution < 1.29 is 28.5 Å². The van der Waals surface area contributed by atoms with Gasteiger partial charge in [0.25, 0.3) is 0 Å². The number of ketones is 1. The fraction of sp³-hybridized carbons (Fsp3) is 0.923. The molecule has 1 aliphatic carbocycles. The lowest BCUT2D eigenvalue weighted by Crippen LogP contribution is -2.51. The monoisotopic (exact) mass is 276 g/mol. The number of Topliss-reactive ketones (excluding diaryl/α,β-unsaturated/α-hetero) is 1. The average molecular weight is 276 g/mol. The quantitative estimate of drug-likeness (QED) is 0.482. The van der Waals surface area contributed by atoms with Crippen LogP contribution in [0.25, 0.3) is 0 Å². The average Bonchev–Trinajstić information content (AvgIpc) is 2.41. The second kappa shape index (κ2) is 10.3. The van der Waals surface area contributed by atoms with Crippen LogP contribution in [0.5, 0.6) is 0 Å². The molecule has 19 heavy (non-hydrogen) atoms. The number of methoxy groups -OCH3 is 2. The van der Waals surface area contributed by atoms with Gasteiger partial charge in [-0.25, -0.2) is 0 Å². The summed E-state index contributed by atoms with van der Waals surface area (Å²) in [7, 11) is 3.27. The molecule has 0 amide bonds. The molecular weight excluding hydrogens is 252 g/mol. The van der Waals surface area contributed by atoms with Gasteiger partial charge >= 0.3 is 0 Å². The lowest BCUT2D eigenvalue weighted by Gasteiger charge is -2.34. The molecule has 2 atom stereocenters. The number of hydrogen-bond acceptors (Lipinski definition) is 6. The molecule has 0 spiro atoms. The number of hydrogen-bond donors (Lipinski definition) is 0. The van der Waals surface area contributed by atoms with Crippen LogP contribution >= 0.6 is 0 Å². The van der Waals surface area contributed by atoms with Crippen LogP contribution in [-0.2, 0) is 28.5 Å². The Morgan fingerprint density at radius 1 is 0.947 bits per heavy atom. The van der Waals surface area contributed by atoms with Crippen molar-refractivity contribution in [3.63, 3.8) is 0 Å². The largest absolute Gasteiger partial charge is 0.385 e. The second-order valence-corrected chi connectivity index (χ2v) is 4.32. The molecule has 112 valence electrons. The topological polar surface area (TPSA) is 63.2 Å². The van der Waals surface area contributed by atoms with Crippen molar-refractivity contribution in [1.29, 1.82) is 0 Å². The first-order valence-corrected chi connectivity index (χ1v) is 6.61. The van der Waals surface area contributed by atoms with E-state index in [4.69, 9.17) is 23.7 Å². The minimum Gasteiger partial charge on any atom is -0.385 e. The van der Waals surface area contributed by atoms with E-state index in [1.54, 1.807) is 14.2 Å². The third-order valence-electron chi connectivity index (χ3n) is 2.84. The van der Waals surface area contributed by atoms with Crippen LogP contribution in [0, 0.1) is 0 Å². The summed E-state index contributed by atoms with van der Waals surface area (Å²) in [6.07, 6.45) is 0.748. The zero-order valence-electron chi connectivity index (χ0n) is 11.8. The van der Waals surface area contributed by atoms with Gasteiger partial charge in [0.15, 0.2) is 5.78 Å². The van der Waals surface area contributed by atoms with E-state index in [2.05, 4.69) is 0 Å². The summed E-state index contributed by atoms with van der Waals surface area (Å²) in [4.78, 5) is 11.4. The maximum Gasteiger partial charge on any atom is 0.166 e. The van der Waals surface area contributed by atoms with Gasteiger partial charge in [0.1, 0.15) is 6.10 Å². The number of rotatable bonds is 12. The van der Waals surface area contributed by atoms with Crippen molar-refractivity contribution in [3.8, 4) is 0 Å². The zero-order chi connectivity index (χ0) is 13.9. The maximum atomic E-state index is 11.4. The highest BCUT2D eigenvalue weighted by Gasteiger charge is 2.41. The maximum absolute atomic E-state index is 11.4. The van der Waals surface area contributed by atoms with Gasteiger partial charge in [-0.15, -0.1) is 0 Å². The first kappa shape index (κ1) is 16.5. The molecule has 1 fully saturated rings. The van der Waals surface area contributed by atoms with Gasteiger partial charge in [0.05, 0.1) is 32.5 Å². The van der Waals surface area contributed by atoms with Gasteiger partial charge in [0, 0.05) is 33.9 Å². The van der Waals surface area contributed by atoms with E-state index in [1.165, 1.54) is 0 Å². The van der Waals surface area contributed by atoms with E-state index >= 15 is 0 Å². The Morgan fingerprint density at radius 2 is 1.68 bits per heavy atom. The van der Waals surface area contributed by atoms with Crippen molar-refractivity contribution in [2.24, 2.45) is 0 Å². The number of ether oxygens (including phenoxy) is 5. The van der Waals surface area contributed by atoms with E-state index in [0.717, 1.165) is 6.42 Å². The Labute approximate surface area is 114 Å². The van der Waals surface area contributed by atoms with Gasteiger partial charge < -0.3 is 23.7 Å². The third kappa shape index (κ3) is 6.44. The molecule has 0 aromatic heterocycles. The van der Waals surface area contributed by atoms with E-state index in [0.29, 0.717) is 46.1 Å². The van der Waals surface area contributed by atoms with Crippen molar-refractivity contribution in [2.75, 3.05) is 53.9 Å². The van der Waals surface area contributed by atoms with Crippen LogP contribution in [0.4, 0.5) is 0 Å². The molecule has 6 nitrogen and oxygen atoms in total. The summed E-state index contributed by atoms with van der Waals surface area (Å²) in [5.74, 6) is 0.0992. The summed E-state index contributed by atoms with van der Waals surface area (Å²) in [6.45, 7) is 3.27. The Kier molecular flexibility index (Phi) is 8.94. The standard InChI is InChI=1S/C13H24O6/c1-15-4-3-5-17-7-9-18-12-10-11(14)13(12)19-8-6-16-2/h12-13H,3-10H2,1-2H3. The van der Waals surface area contributed by atoms with Gasteiger partial charge in [-0.3, -0.25) is 4.79 Å². The Morgan fingerprint density at radius 3 is 2.37 bits per heavy atom. The van der Waals surface area contributed by atoms with Gasteiger partial charge in [-0.1, -0.05) is 0 Å². The fourth-order valence-electron chi connectivity index (χ4n) is 1.74. The Bertz CT molecular complexity index is 245. The first-order chi connectivity index (χ1) is 9.29. The minimum absolute atomic E-state index is 0.0992. The van der Waals surface area contributed by atoms with Gasteiger partial charge in [-0.2, -0.15) is 0 Å². The SMILES string of the molecule is COCCCOCCOC1CC(=O)C1OCCOC. The minimum atomic E-state index is -0.427. The molecule has 0 saturated heterocycles. The molecule has 6 heteroatoms. The molecule has 2 unspecified atom stereocenters. The third-order valence-corrected chi connectivity index (χ3v) is 2.84. The molecular formula is C13H24O6. The summed E-state index contributed by atoms with van der Waals surface area (Å²) < 4.78 is 26.1. The van der Waals surface area contributed by atoms with E-state index in [-0.39, 0.29) is 11.9 Å². The van der Waals surface area contributed by atoms with Crippen LogP contribution < -0.4 is 0 Å². The molecule has 1 aliphatic rings. The molecule has 0 radical (unpaired) electrons. The van der Waals surface area contributed by atoms with Crippen LogP contribution in [0.2, 0.25) is 0 Å². The fourth-order valence-corrected chi connectivity index (χ4v) is 1.74. The van der Waals surface area contributed by atoms with Crippen LogP contribution in [0.15, 0.2) is 0 Å². The normalized spacial score (nSPS) is 22.5. The second-order valence-electron chi connectivity index (χ2n) is 4.32. The van der Waals surface area contributed by atoms with Crippen LogP contribution in [0.1, 0.15) is 12.8 Å². The predicted octanol–water partition coefficient (Wildman–Crippen LogP) is 0.429. The molecule has 0 N–H and O–H groups in total. The smallest absolute Gasteiger partial charge is 0.166 e. The number of carbonyl (C=O) groups excluding carboxylic acids is 1. The highest BCUT2D eigenvalue weighted by atomic mass is 16.6. The predicted molar refractivity (Wildman–Crippen MR) is 68.3 cm³/mol. The Balaban J connectivity index is 1.98. The van der Waals surface area contributed by atoms with Crippen molar-refractivity contribution >= 4 is 5.78 Å². The summed E-state index contributed by atoms with van der Waals surface area (Å²) in [6, 6.07) is 0. The molecule has 0 heterocycles. The van der Waals surface area contributed by atoms with Gasteiger partial charge in [0.2, 0.25) is 0 Å². The number of carbonyl (C=O) groups is 1. The summed E-state index contributed by atoms with van der Waals surface area (Å²) >= 11 is 0.